The molecular weight excluding hydrogens is 380 g/mol. The number of fused-ring (bicyclic) bond motifs is 1. The van der Waals surface area contributed by atoms with Crippen molar-refractivity contribution in [2.24, 2.45) is 0 Å². The highest BCUT2D eigenvalue weighted by Gasteiger charge is 2.22. The van der Waals surface area contributed by atoms with E-state index in [1.165, 1.54) is 17.4 Å². The minimum Gasteiger partial charge on any atom is -0.319 e. The van der Waals surface area contributed by atoms with Gasteiger partial charge in [-0.2, -0.15) is 0 Å². The van der Waals surface area contributed by atoms with Gasteiger partial charge in [0.15, 0.2) is 0 Å². The van der Waals surface area contributed by atoms with Crippen molar-refractivity contribution in [3.8, 4) is 0 Å². The van der Waals surface area contributed by atoms with Gasteiger partial charge in [0.05, 0.1) is 25.9 Å². The summed E-state index contributed by atoms with van der Waals surface area (Å²) in [6, 6.07) is 18.2. The summed E-state index contributed by atoms with van der Waals surface area (Å²) in [6.45, 7) is 0. The summed E-state index contributed by atoms with van der Waals surface area (Å²) in [7, 11) is -3.70. The fraction of sp³-hybridized carbons (Fsp3) is 0. The van der Waals surface area contributed by atoms with Gasteiger partial charge in [-0.1, -0.05) is 24.3 Å². The molecule has 7 heteroatoms. The van der Waals surface area contributed by atoms with Crippen LogP contribution in [0.15, 0.2) is 88.1 Å². The highest BCUT2D eigenvalue weighted by molar-refractivity contribution is 7.91. The number of amides is 1. The molecule has 0 unspecified atom stereocenters. The number of carbonyl (C=O) groups excluding carboxylic acids is 1. The van der Waals surface area contributed by atoms with E-state index in [-0.39, 0.29) is 15.7 Å². The molecule has 4 aromatic rings. The third kappa shape index (κ3) is 3.22. The molecule has 0 saturated heterocycles. The van der Waals surface area contributed by atoms with Crippen LogP contribution in [0.25, 0.3) is 10.9 Å². The number of benzene rings is 2. The van der Waals surface area contributed by atoms with Crippen LogP contribution in [0, 0.1) is 0 Å². The van der Waals surface area contributed by atoms with E-state index in [9.17, 15) is 13.2 Å². The zero-order chi connectivity index (χ0) is 18.9. The SMILES string of the molecule is O=C(Nc1ccc(S(=O)(=O)c2ccccc2)c2cccnc12)c1cccs1. The Morgan fingerprint density at radius 2 is 1.74 bits per heavy atom. The van der Waals surface area contributed by atoms with Gasteiger partial charge in [0.2, 0.25) is 9.84 Å². The Kier molecular flexibility index (Phi) is 4.47. The maximum Gasteiger partial charge on any atom is 0.265 e. The monoisotopic (exact) mass is 394 g/mol. The summed E-state index contributed by atoms with van der Waals surface area (Å²) in [6.07, 6.45) is 1.57. The number of rotatable bonds is 4. The third-order valence-corrected chi connectivity index (χ3v) is 6.76. The lowest BCUT2D eigenvalue weighted by Crippen LogP contribution is -2.11. The van der Waals surface area contributed by atoms with Crippen molar-refractivity contribution in [1.82, 2.24) is 4.98 Å². The van der Waals surface area contributed by atoms with Crippen LogP contribution in [0.4, 0.5) is 5.69 Å². The second-order valence-corrected chi connectivity index (χ2v) is 8.62. The lowest BCUT2D eigenvalue weighted by Gasteiger charge is -2.12. The molecule has 134 valence electrons. The number of anilines is 1. The zero-order valence-corrected chi connectivity index (χ0v) is 15.6. The molecule has 4 rings (SSSR count). The average molecular weight is 394 g/mol. The van der Waals surface area contributed by atoms with E-state index in [1.54, 1.807) is 66.9 Å². The highest BCUT2D eigenvalue weighted by Crippen LogP contribution is 2.31. The number of hydrogen-bond acceptors (Lipinski definition) is 5. The molecule has 0 fully saturated rings. The Labute approximate surface area is 160 Å². The van der Waals surface area contributed by atoms with Crippen LogP contribution in [-0.2, 0) is 9.84 Å². The molecule has 0 aliphatic heterocycles. The average Bonchev–Trinajstić information content (AvgIpc) is 3.24. The number of carbonyl (C=O) groups is 1. The maximum atomic E-state index is 13.1. The van der Waals surface area contributed by atoms with Gasteiger partial charge in [-0.15, -0.1) is 11.3 Å². The van der Waals surface area contributed by atoms with Crippen LogP contribution in [-0.4, -0.2) is 19.3 Å². The molecule has 0 saturated carbocycles. The van der Waals surface area contributed by atoms with Crippen molar-refractivity contribution in [2.75, 3.05) is 5.32 Å². The predicted molar refractivity (Wildman–Crippen MR) is 106 cm³/mol. The molecule has 0 bridgehead atoms. The van der Waals surface area contributed by atoms with E-state index in [0.717, 1.165) is 0 Å². The lowest BCUT2D eigenvalue weighted by molar-refractivity contribution is 0.103. The van der Waals surface area contributed by atoms with Gasteiger partial charge in [0.1, 0.15) is 0 Å². The normalized spacial score (nSPS) is 11.4. The Bertz CT molecular complexity index is 1220. The summed E-state index contributed by atoms with van der Waals surface area (Å²) >= 11 is 1.33. The number of nitrogens with one attached hydrogen (secondary N) is 1. The number of pyridine rings is 1. The molecule has 5 nitrogen and oxygen atoms in total. The number of nitrogens with zero attached hydrogens (tertiary/aromatic N) is 1. The van der Waals surface area contributed by atoms with Crippen LogP contribution in [0.2, 0.25) is 0 Å². The zero-order valence-electron chi connectivity index (χ0n) is 14.0. The van der Waals surface area contributed by atoms with Gasteiger partial charge in [0.25, 0.3) is 5.91 Å². The molecule has 2 aromatic heterocycles. The van der Waals surface area contributed by atoms with Gasteiger partial charge in [-0.25, -0.2) is 8.42 Å². The van der Waals surface area contributed by atoms with Crippen LogP contribution >= 0.6 is 11.3 Å². The number of aromatic nitrogens is 1. The fourth-order valence-electron chi connectivity index (χ4n) is 2.80. The minimum atomic E-state index is -3.70. The van der Waals surface area contributed by atoms with Crippen molar-refractivity contribution >= 4 is 43.7 Å². The van der Waals surface area contributed by atoms with Gasteiger partial charge >= 0.3 is 0 Å². The van der Waals surface area contributed by atoms with E-state index in [1.807, 2.05) is 5.38 Å². The third-order valence-electron chi connectivity index (χ3n) is 4.07. The Hall–Kier alpha value is -3.03. The number of hydrogen-bond donors (Lipinski definition) is 1. The first kappa shape index (κ1) is 17.4. The quantitative estimate of drug-likeness (QED) is 0.557. The summed E-state index contributed by atoms with van der Waals surface area (Å²) in [5, 5.41) is 5.10. The first-order valence-corrected chi connectivity index (χ1v) is 10.5. The molecule has 0 aliphatic rings. The second kappa shape index (κ2) is 6.94. The molecule has 0 radical (unpaired) electrons. The largest absolute Gasteiger partial charge is 0.319 e. The summed E-state index contributed by atoms with van der Waals surface area (Å²) < 4.78 is 26.1. The van der Waals surface area contributed by atoms with Gasteiger partial charge in [-0.3, -0.25) is 9.78 Å². The van der Waals surface area contributed by atoms with E-state index < -0.39 is 9.84 Å². The molecular formula is C20H14N2O3S2. The summed E-state index contributed by atoms with van der Waals surface area (Å²) in [5.74, 6) is -0.254. The maximum absolute atomic E-state index is 13.1. The van der Waals surface area contributed by atoms with Crippen molar-refractivity contribution < 1.29 is 13.2 Å². The molecule has 1 N–H and O–H groups in total. The molecule has 2 aromatic carbocycles. The second-order valence-electron chi connectivity index (χ2n) is 5.76. The smallest absolute Gasteiger partial charge is 0.265 e. The minimum absolute atomic E-state index is 0.158. The molecule has 2 heterocycles. The fourth-order valence-corrected chi connectivity index (χ4v) is 4.89. The van der Waals surface area contributed by atoms with Crippen LogP contribution in [0.3, 0.4) is 0 Å². The summed E-state index contributed by atoms with van der Waals surface area (Å²) in [5.41, 5.74) is 0.899. The molecule has 27 heavy (non-hydrogen) atoms. The topological polar surface area (TPSA) is 76.1 Å². The van der Waals surface area contributed by atoms with Crippen molar-refractivity contribution in [3.63, 3.8) is 0 Å². The highest BCUT2D eigenvalue weighted by atomic mass is 32.2. The molecule has 0 atom stereocenters. The van der Waals surface area contributed by atoms with Crippen molar-refractivity contribution in [3.05, 3.63) is 83.2 Å². The Morgan fingerprint density at radius 3 is 2.48 bits per heavy atom. The van der Waals surface area contributed by atoms with E-state index in [2.05, 4.69) is 10.3 Å². The summed E-state index contributed by atoms with van der Waals surface area (Å²) in [4.78, 5) is 17.6. The molecule has 1 amide bonds. The van der Waals surface area contributed by atoms with Crippen LogP contribution in [0.5, 0.6) is 0 Å². The van der Waals surface area contributed by atoms with Gasteiger partial charge in [-0.05, 0) is 47.8 Å². The Balaban J connectivity index is 1.83. The van der Waals surface area contributed by atoms with Gasteiger partial charge in [0, 0.05) is 11.6 Å². The van der Waals surface area contributed by atoms with Crippen LogP contribution < -0.4 is 5.32 Å². The van der Waals surface area contributed by atoms with Crippen molar-refractivity contribution in [2.45, 2.75) is 9.79 Å². The van der Waals surface area contributed by atoms with Gasteiger partial charge < -0.3 is 5.32 Å². The standard InChI is InChI=1S/C20H14N2O3S2/c23-20(17-9-5-13-26-17)22-16-10-11-18(15-8-4-12-21-19(15)16)27(24,25)14-6-2-1-3-7-14/h1-13H,(H,22,23). The number of thiophene rings is 1. The van der Waals surface area contributed by atoms with Crippen molar-refractivity contribution in [1.29, 1.82) is 0 Å². The molecule has 0 spiro atoms. The lowest BCUT2D eigenvalue weighted by atomic mass is 10.2. The van der Waals surface area contributed by atoms with E-state index in [4.69, 9.17) is 0 Å². The van der Waals surface area contributed by atoms with Crippen LogP contribution in [0.1, 0.15) is 9.67 Å². The number of sulfone groups is 1. The van der Waals surface area contributed by atoms with E-state index in [0.29, 0.717) is 21.5 Å². The first-order valence-electron chi connectivity index (χ1n) is 8.10. The first-order chi connectivity index (χ1) is 13.1. The van der Waals surface area contributed by atoms with E-state index >= 15 is 0 Å². The predicted octanol–water partition coefficient (Wildman–Crippen LogP) is 4.38. The Morgan fingerprint density at radius 1 is 0.926 bits per heavy atom. The molecule has 0 aliphatic carbocycles.